The largest absolute Gasteiger partial charge is 0.480 e. The third kappa shape index (κ3) is 4.14. The Morgan fingerprint density at radius 1 is 1.35 bits per heavy atom. The molecule has 1 atom stereocenters. The van der Waals surface area contributed by atoms with Gasteiger partial charge in [-0.15, -0.1) is 0 Å². The van der Waals surface area contributed by atoms with Crippen molar-refractivity contribution in [2.45, 2.75) is 26.4 Å². The summed E-state index contributed by atoms with van der Waals surface area (Å²) in [5.74, 6) is -1.06. The van der Waals surface area contributed by atoms with E-state index in [-0.39, 0.29) is 0 Å². The third-order valence-corrected chi connectivity index (χ3v) is 2.42. The fourth-order valence-corrected chi connectivity index (χ4v) is 1.29. The highest BCUT2D eigenvalue weighted by Crippen LogP contribution is 2.05. The van der Waals surface area contributed by atoms with Crippen LogP contribution >= 0.6 is 0 Å². The summed E-state index contributed by atoms with van der Waals surface area (Å²) in [6, 6.07) is 6.30. The van der Waals surface area contributed by atoms with Crippen LogP contribution in [-0.4, -0.2) is 23.1 Å². The van der Waals surface area contributed by atoms with Gasteiger partial charge >= 0.3 is 12.0 Å². The van der Waals surface area contributed by atoms with Gasteiger partial charge in [-0.2, -0.15) is 0 Å². The van der Waals surface area contributed by atoms with Crippen molar-refractivity contribution in [2.75, 3.05) is 0 Å². The molecule has 0 unspecified atom stereocenters. The Morgan fingerprint density at radius 2 is 2.00 bits per heavy atom. The number of carboxylic acid groups (broad SMARTS) is 1. The number of nitrogens with one attached hydrogen (secondary N) is 2. The van der Waals surface area contributed by atoms with Crippen LogP contribution in [0.5, 0.6) is 0 Å². The predicted molar refractivity (Wildman–Crippen MR) is 63.6 cm³/mol. The summed E-state index contributed by atoms with van der Waals surface area (Å²) in [6.07, 6.45) is 0. The molecule has 0 aromatic heterocycles. The molecule has 1 aromatic rings. The molecule has 0 aliphatic rings. The van der Waals surface area contributed by atoms with Crippen molar-refractivity contribution in [2.24, 2.45) is 0 Å². The first kappa shape index (κ1) is 13.0. The van der Waals surface area contributed by atoms with E-state index in [9.17, 15) is 9.59 Å². The minimum Gasteiger partial charge on any atom is -0.480 e. The molecule has 0 aliphatic heterocycles. The number of benzene rings is 1. The summed E-state index contributed by atoms with van der Waals surface area (Å²) in [5, 5.41) is 13.5. The van der Waals surface area contributed by atoms with Crippen LogP contribution in [0.1, 0.15) is 18.1 Å². The number of amides is 2. The van der Waals surface area contributed by atoms with Gasteiger partial charge in [-0.25, -0.2) is 4.79 Å². The summed E-state index contributed by atoms with van der Waals surface area (Å²) in [5.41, 5.74) is 2.09. The maximum atomic E-state index is 11.4. The first-order chi connectivity index (χ1) is 8.00. The zero-order chi connectivity index (χ0) is 12.8. The maximum Gasteiger partial charge on any atom is 0.325 e. The highest BCUT2D eigenvalue weighted by atomic mass is 16.4. The van der Waals surface area contributed by atoms with Gasteiger partial charge in [0, 0.05) is 6.54 Å². The molecule has 0 radical (unpaired) electrons. The van der Waals surface area contributed by atoms with E-state index in [1.54, 1.807) is 0 Å². The monoisotopic (exact) mass is 236 g/mol. The molecule has 0 spiro atoms. The Bertz CT molecular complexity index is 418. The van der Waals surface area contributed by atoms with Gasteiger partial charge < -0.3 is 15.7 Å². The molecule has 92 valence electrons. The molecule has 0 saturated heterocycles. The Kier molecular flexibility index (Phi) is 4.51. The molecule has 0 bridgehead atoms. The SMILES string of the molecule is Cc1ccccc1CNC(=O)N[C@H](C)C(=O)O. The first-order valence-corrected chi connectivity index (χ1v) is 5.32. The minimum atomic E-state index is -1.06. The third-order valence-electron chi connectivity index (χ3n) is 2.42. The molecule has 0 aliphatic carbocycles. The van der Waals surface area contributed by atoms with E-state index in [0.29, 0.717) is 6.54 Å². The zero-order valence-electron chi connectivity index (χ0n) is 9.86. The number of hydrogen-bond donors (Lipinski definition) is 3. The van der Waals surface area contributed by atoms with Crippen molar-refractivity contribution in [3.63, 3.8) is 0 Å². The number of rotatable bonds is 4. The van der Waals surface area contributed by atoms with Crippen LogP contribution in [0.4, 0.5) is 4.79 Å². The van der Waals surface area contributed by atoms with Gasteiger partial charge in [0.15, 0.2) is 0 Å². The molecule has 0 saturated carbocycles. The van der Waals surface area contributed by atoms with Crippen molar-refractivity contribution in [1.82, 2.24) is 10.6 Å². The lowest BCUT2D eigenvalue weighted by Gasteiger charge is -2.11. The highest BCUT2D eigenvalue weighted by molar-refractivity contribution is 5.82. The number of hydrogen-bond acceptors (Lipinski definition) is 2. The molecular formula is C12H16N2O3. The second kappa shape index (κ2) is 5.89. The minimum absolute atomic E-state index is 0.380. The molecule has 0 fully saturated rings. The molecule has 5 nitrogen and oxygen atoms in total. The number of urea groups is 1. The van der Waals surface area contributed by atoms with Gasteiger partial charge in [-0.1, -0.05) is 24.3 Å². The van der Waals surface area contributed by atoms with E-state index in [0.717, 1.165) is 11.1 Å². The average molecular weight is 236 g/mol. The molecule has 3 N–H and O–H groups in total. The van der Waals surface area contributed by atoms with E-state index >= 15 is 0 Å². The van der Waals surface area contributed by atoms with E-state index in [4.69, 9.17) is 5.11 Å². The lowest BCUT2D eigenvalue weighted by atomic mass is 10.1. The summed E-state index contributed by atoms with van der Waals surface area (Å²) in [7, 11) is 0. The van der Waals surface area contributed by atoms with Crippen LogP contribution < -0.4 is 10.6 Å². The number of carbonyl (C=O) groups is 2. The standard InChI is InChI=1S/C12H16N2O3/c1-8-5-3-4-6-10(8)7-13-12(17)14-9(2)11(15)16/h3-6,9H,7H2,1-2H3,(H,15,16)(H2,13,14,17)/t9-/m1/s1. The predicted octanol–water partition coefficient (Wildman–Crippen LogP) is 1.27. The van der Waals surface area contributed by atoms with E-state index in [1.165, 1.54) is 6.92 Å². The Labute approximate surface area is 99.8 Å². The Balaban J connectivity index is 2.44. The fourth-order valence-electron chi connectivity index (χ4n) is 1.29. The topological polar surface area (TPSA) is 78.4 Å². The zero-order valence-corrected chi connectivity index (χ0v) is 9.86. The molecule has 17 heavy (non-hydrogen) atoms. The Hall–Kier alpha value is -2.04. The fraction of sp³-hybridized carbons (Fsp3) is 0.333. The van der Waals surface area contributed by atoms with Crippen molar-refractivity contribution in [3.05, 3.63) is 35.4 Å². The van der Waals surface area contributed by atoms with Gasteiger partial charge in [-0.05, 0) is 25.0 Å². The molecule has 1 aromatic carbocycles. The summed E-state index contributed by atoms with van der Waals surface area (Å²) in [6.45, 7) is 3.75. The Morgan fingerprint density at radius 3 is 2.59 bits per heavy atom. The van der Waals surface area contributed by atoms with Crippen LogP contribution in [0.25, 0.3) is 0 Å². The van der Waals surface area contributed by atoms with Crippen LogP contribution in [0.15, 0.2) is 24.3 Å². The number of aliphatic carboxylic acids is 1. The lowest BCUT2D eigenvalue weighted by Crippen LogP contribution is -2.44. The first-order valence-electron chi connectivity index (χ1n) is 5.32. The van der Waals surface area contributed by atoms with Gasteiger partial charge in [0.1, 0.15) is 6.04 Å². The van der Waals surface area contributed by atoms with Crippen molar-refractivity contribution < 1.29 is 14.7 Å². The van der Waals surface area contributed by atoms with Crippen LogP contribution in [0.2, 0.25) is 0 Å². The van der Waals surface area contributed by atoms with Crippen LogP contribution in [0, 0.1) is 6.92 Å². The smallest absolute Gasteiger partial charge is 0.325 e. The van der Waals surface area contributed by atoms with Gasteiger partial charge in [-0.3, -0.25) is 4.79 Å². The van der Waals surface area contributed by atoms with Crippen LogP contribution in [0.3, 0.4) is 0 Å². The van der Waals surface area contributed by atoms with Crippen molar-refractivity contribution in [3.8, 4) is 0 Å². The quantitative estimate of drug-likeness (QED) is 0.736. The summed E-state index contributed by atoms with van der Waals surface area (Å²) < 4.78 is 0. The van der Waals surface area contributed by atoms with Gasteiger partial charge in [0.2, 0.25) is 0 Å². The van der Waals surface area contributed by atoms with E-state index in [2.05, 4.69) is 10.6 Å². The molecule has 5 heteroatoms. The normalized spacial score (nSPS) is 11.6. The number of carboxylic acids is 1. The molecule has 2 amide bonds. The lowest BCUT2D eigenvalue weighted by molar-refractivity contribution is -0.138. The second-order valence-corrected chi connectivity index (χ2v) is 3.81. The van der Waals surface area contributed by atoms with Crippen molar-refractivity contribution >= 4 is 12.0 Å². The second-order valence-electron chi connectivity index (χ2n) is 3.81. The summed E-state index contributed by atoms with van der Waals surface area (Å²) >= 11 is 0. The highest BCUT2D eigenvalue weighted by Gasteiger charge is 2.13. The molecule has 1 rings (SSSR count). The average Bonchev–Trinajstić information content (AvgIpc) is 2.27. The molecular weight excluding hydrogens is 220 g/mol. The van der Waals surface area contributed by atoms with Gasteiger partial charge in [0.25, 0.3) is 0 Å². The van der Waals surface area contributed by atoms with E-state index < -0.39 is 18.0 Å². The van der Waals surface area contributed by atoms with Crippen LogP contribution in [-0.2, 0) is 11.3 Å². The maximum absolute atomic E-state index is 11.4. The van der Waals surface area contributed by atoms with E-state index in [1.807, 2.05) is 31.2 Å². The number of aryl methyl sites for hydroxylation is 1. The number of carbonyl (C=O) groups excluding carboxylic acids is 1. The van der Waals surface area contributed by atoms with Gasteiger partial charge in [0.05, 0.1) is 0 Å². The molecule has 0 heterocycles. The van der Waals surface area contributed by atoms with Crippen molar-refractivity contribution in [1.29, 1.82) is 0 Å². The summed E-state index contributed by atoms with van der Waals surface area (Å²) in [4.78, 5) is 21.9.